The quantitative estimate of drug-likeness (QED) is 0.442. The molecule has 0 aliphatic rings. The van der Waals surface area contributed by atoms with Gasteiger partial charge in [0.05, 0.1) is 0 Å². The Morgan fingerprint density at radius 1 is 1.50 bits per heavy atom. The van der Waals surface area contributed by atoms with Gasteiger partial charge in [-0.15, -0.1) is 0 Å². The Morgan fingerprint density at radius 3 is 2.50 bits per heavy atom. The van der Waals surface area contributed by atoms with E-state index in [1.165, 1.54) is 12.1 Å². The van der Waals surface area contributed by atoms with E-state index in [1.807, 2.05) is 0 Å². The van der Waals surface area contributed by atoms with Crippen molar-refractivity contribution < 1.29 is 9.18 Å². The van der Waals surface area contributed by atoms with Crippen LogP contribution in [0.2, 0.25) is 0 Å². The molecular formula is C8H7FN4O. The van der Waals surface area contributed by atoms with Gasteiger partial charge in [0.25, 0.3) is 0 Å². The second kappa shape index (κ2) is 4.25. The van der Waals surface area contributed by atoms with Crippen LogP contribution in [-0.4, -0.2) is 5.91 Å². The van der Waals surface area contributed by atoms with Crippen molar-refractivity contribution in [1.29, 1.82) is 0 Å². The number of carbonyl (C=O) groups is 1. The lowest BCUT2D eigenvalue weighted by Crippen LogP contribution is -2.19. The molecular weight excluding hydrogens is 187 g/mol. The van der Waals surface area contributed by atoms with Gasteiger partial charge < -0.3 is 5.73 Å². The van der Waals surface area contributed by atoms with Gasteiger partial charge in [-0.2, -0.15) is 0 Å². The number of nitrogens with zero attached hydrogens (tertiary/aromatic N) is 3. The monoisotopic (exact) mass is 194 g/mol. The predicted octanol–water partition coefficient (Wildman–Crippen LogP) is 1.66. The van der Waals surface area contributed by atoms with Crippen molar-refractivity contribution in [3.05, 3.63) is 46.1 Å². The summed E-state index contributed by atoms with van der Waals surface area (Å²) in [7, 11) is 0. The maximum atomic E-state index is 12.5. The van der Waals surface area contributed by atoms with Crippen LogP contribution in [0.15, 0.2) is 29.4 Å². The molecule has 0 aromatic heterocycles. The number of azide groups is 1. The van der Waals surface area contributed by atoms with Crippen LogP contribution in [0.5, 0.6) is 0 Å². The molecule has 1 rings (SSSR count). The van der Waals surface area contributed by atoms with E-state index >= 15 is 0 Å². The number of nitrogens with two attached hydrogens (primary N) is 1. The van der Waals surface area contributed by atoms with Crippen molar-refractivity contribution >= 4 is 5.91 Å². The molecule has 0 aliphatic carbocycles. The first-order valence-electron chi connectivity index (χ1n) is 3.74. The van der Waals surface area contributed by atoms with Crippen LogP contribution in [-0.2, 0) is 4.79 Å². The summed E-state index contributed by atoms with van der Waals surface area (Å²) in [5, 5.41) is 3.21. The first-order chi connectivity index (χ1) is 6.65. The summed E-state index contributed by atoms with van der Waals surface area (Å²) in [6.07, 6.45) is 0. The molecule has 6 heteroatoms. The number of amides is 1. The molecule has 0 radical (unpaired) electrons. The van der Waals surface area contributed by atoms with Gasteiger partial charge in [-0.05, 0) is 23.2 Å². The van der Waals surface area contributed by atoms with Crippen molar-refractivity contribution in [3.8, 4) is 0 Å². The van der Waals surface area contributed by atoms with Gasteiger partial charge in [0, 0.05) is 4.91 Å². The predicted molar refractivity (Wildman–Crippen MR) is 47.5 cm³/mol. The highest BCUT2D eigenvalue weighted by Crippen LogP contribution is 2.17. The van der Waals surface area contributed by atoms with E-state index in [4.69, 9.17) is 11.3 Å². The molecule has 0 aliphatic heterocycles. The van der Waals surface area contributed by atoms with E-state index in [-0.39, 0.29) is 0 Å². The number of halogens is 1. The van der Waals surface area contributed by atoms with Crippen LogP contribution >= 0.6 is 0 Å². The highest BCUT2D eigenvalue weighted by Gasteiger charge is 2.15. The molecule has 1 aromatic carbocycles. The standard InChI is InChI=1S/C8H7FN4O/c9-6-3-1-5(2-4-6)7(8(10)14)12-13-11/h1-4,7H,(H2,10,14). The number of hydrogen-bond donors (Lipinski definition) is 1. The summed E-state index contributed by atoms with van der Waals surface area (Å²) < 4.78 is 12.5. The molecule has 5 nitrogen and oxygen atoms in total. The third-order valence-electron chi connectivity index (χ3n) is 1.62. The van der Waals surface area contributed by atoms with Crippen molar-refractivity contribution in [1.82, 2.24) is 0 Å². The molecule has 1 atom stereocenters. The molecule has 0 saturated carbocycles. The summed E-state index contributed by atoms with van der Waals surface area (Å²) >= 11 is 0. The molecule has 1 aromatic rings. The van der Waals surface area contributed by atoms with E-state index in [0.717, 1.165) is 12.1 Å². The number of hydrogen-bond acceptors (Lipinski definition) is 2. The average molecular weight is 194 g/mol. The maximum Gasteiger partial charge on any atom is 0.230 e. The Bertz CT molecular complexity index is 381. The molecule has 1 amide bonds. The smallest absolute Gasteiger partial charge is 0.230 e. The van der Waals surface area contributed by atoms with Gasteiger partial charge in [-0.25, -0.2) is 4.39 Å². The number of primary amides is 1. The lowest BCUT2D eigenvalue weighted by molar-refractivity contribution is -0.119. The minimum absolute atomic E-state index is 0.372. The highest BCUT2D eigenvalue weighted by atomic mass is 19.1. The van der Waals surface area contributed by atoms with Crippen LogP contribution < -0.4 is 5.73 Å². The first-order valence-corrected chi connectivity index (χ1v) is 3.74. The van der Waals surface area contributed by atoms with E-state index in [9.17, 15) is 9.18 Å². The van der Waals surface area contributed by atoms with E-state index in [1.54, 1.807) is 0 Å². The van der Waals surface area contributed by atoms with Gasteiger partial charge in [0.1, 0.15) is 11.9 Å². The number of benzene rings is 1. The van der Waals surface area contributed by atoms with Gasteiger partial charge in [-0.3, -0.25) is 4.79 Å². The third kappa shape index (κ3) is 2.21. The molecule has 0 spiro atoms. The SMILES string of the molecule is [N-]=[N+]=NC(C(N)=O)c1ccc(F)cc1. The van der Waals surface area contributed by atoms with Gasteiger partial charge in [-0.1, -0.05) is 17.2 Å². The Balaban J connectivity index is 3.05. The molecule has 0 bridgehead atoms. The second-order valence-electron chi connectivity index (χ2n) is 2.56. The largest absolute Gasteiger partial charge is 0.369 e. The highest BCUT2D eigenvalue weighted by molar-refractivity contribution is 5.81. The second-order valence-corrected chi connectivity index (χ2v) is 2.56. The van der Waals surface area contributed by atoms with Crippen LogP contribution in [0.25, 0.3) is 10.4 Å². The van der Waals surface area contributed by atoms with Gasteiger partial charge in [0.15, 0.2) is 0 Å². The first kappa shape index (κ1) is 10.0. The zero-order chi connectivity index (χ0) is 10.6. The lowest BCUT2D eigenvalue weighted by Gasteiger charge is -2.05. The lowest BCUT2D eigenvalue weighted by atomic mass is 10.1. The van der Waals surface area contributed by atoms with Crippen LogP contribution in [0.4, 0.5) is 4.39 Å². The van der Waals surface area contributed by atoms with E-state index < -0.39 is 17.8 Å². The van der Waals surface area contributed by atoms with Gasteiger partial charge >= 0.3 is 0 Å². The van der Waals surface area contributed by atoms with Crippen molar-refractivity contribution in [2.45, 2.75) is 6.04 Å². The minimum atomic E-state index is -1.08. The van der Waals surface area contributed by atoms with E-state index in [2.05, 4.69) is 10.0 Å². The van der Waals surface area contributed by atoms with Crippen molar-refractivity contribution in [2.75, 3.05) is 0 Å². The fourth-order valence-electron chi connectivity index (χ4n) is 0.985. The number of rotatable bonds is 3. The zero-order valence-electron chi connectivity index (χ0n) is 7.09. The zero-order valence-corrected chi connectivity index (χ0v) is 7.09. The molecule has 0 fully saturated rings. The Morgan fingerprint density at radius 2 is 2.07 bits per heavy atom. The number of carbonyl (C=O) groups excluding carboxylic acids is 1. The molecule has 0 heterocycles. The minimum Gasteiger partial charge on any atom is -0.369 e. The molecule has 0 saturated heterocycles. The molecule has 14 heavy (non-hydrogen) atoms. The summed E-state index contributed by atoms with van der Waals surface area (Å²) in [5.41, 5.74) is 13.5. The Labute approximate surface area is 79.0 Å². The summed E-state index contributed by atoms with van der Waals surface area (Å²) in [5.74, 6) is -1.20. The summed E-state index contributed by atoms with van der Waals surface area (Å²) in [4.78, 5) is 13.3. The Hall–Kier alpha value is -2.07. The summed E-state index contributed by atoms with van der Waals surface area (Å²) in [6, 6.07) is 3.94. The third-order valence-corrected chi connectivity index (χ3v) is 1.62. The molecule has 72 valence electrons. The van der Waals surface area contributed by atoms with Crippen LogP contribution in [0.1, 0.15) is 11.6 Å². The average Bonchev–Trinajstić information content (AvgIpc) is 2.15. The fourth-order valence-corrected chi connectivity index (χ4v) is 0.985. The van der Waals surface area contributed by atoms with Crippen LogP contribution in [0.3, 0.4) is 0 Å². The summed E-state index contributed by atoms with van der Waals surface area (Å²) in [6.45, 7) is 0. The maximum absolute atomic E-state index is 12.5. The normalized spacial score (nSPS) is 11.5. The van der Waals surface area contributed by atoms with Crippen LogP contribution in [0, 0.1) is 5.82 Å². The topological polar surface area (TPSA) is 91.8 Å². The van der Waals surface area contributed by atoms with Crippen molar-refractivity contribution in [2.24, 2.45) is 10.8 Å². The molecule has 2 N–H and O–H groups in total. The van der Waals surface area contributed by atoms with E-state index in [0.29, 0.717) is 5.56 Å². The Kier molecular flexibility index (Phi) is 3.04. The van der Waals surface area contributed by atoms with Crippen molar-refractivity contribution in [3.63, 3.8) is 0 Å². The fraction of sp³-hybridized carbons (Fsp3) is 0.125. The molecule has 1 unspecified atom stereocenters. The van der Waals surface area contributed by atoms with Gasteiger partial charge in [0.2, 0.25) is 5.91 Å².